The van der Waals surface area contributed by atoms with Crippen LogP contribution < -0.4 is 10.2 Å². The highest BCUT2D eigenvalue weighted by Gasteiger charge is 2.52. The maximum atomic E-state index is 12.9. The average molecular weight is 338 g/mol. The van der Waals surface area contributed by atoms with Crippen LogP contribution >= 0.6 is 0 Å². The third-order valence-electron chi connectivity index (χ3n) is 6.97. The van der Waals surface area contributed by atoms with E-state index < -0.39 is 5.91 Å². The van der Waals surface area contributed by atoms with Crippen molar-refractivity contribution in [1.82, 2.24) is 5.32 Å². The summed E-state index contributed by atoms with van der Waals surface area (Å²) in [4.78, 5) is 27.4. The number of amides is 2. The van der Waals surface area contributed by atoms with Crippen LogP contribution in [0.3, 0.4) is 0 Å². The van der Waals surface area contributed by atoms with Gasteiger partial charge in [0, 0.05) is 17.8 Å². The molecule has 4 heteroatoms. The monoisotopic (exact) mass is 338 g/mol. The van der Waals surface area contributed by atoms with Crippen molar-refractivity contribution in [2.45, 2.75) is 56.9 Å². The predicted molar refractivity (Wildman–Crippen MR) is 96.2 cm³/mol. The Morgan fingerprint density at radius 2 is 1.64 bits per heavy atom. The molecule has 6 rings (SSSR count). The first-order chi connectivity index (χ1) is 12.1. The minimum atomic E-state index is -0.390. The molecule has 0 aromatic heterocycles. The Kier molecular flexibility index (Phi) is 3.44. The molecule has 0 saturated heterocycles. The molecule has 132 valence electrons. The zero-order chi connectivity index (χ0) is 17.0. The van der Waals surface area contributed by atoms with Crippen molar-refractivity contribution in [3.8, 4) is 0 Å². The fraction of sp³-hybridized carbons (Fsp3) is 0.619. The quantitative estimate of drug-likeness (QED) is 0.800. The molecule has 1 aliphatic heterocycles. The molecular weight excluding hydrogens is 312 g/mol. The second-order valence-corrected chi connectivity index (χ2v) is 8.84. The van der Waals surface area contributed by atoms with E-state index in [4.69, 9.17) is 0 Å². The topological polar surface area (TPSA) is 49.4 Å². The second-order valence-electron chi connectivity index (χ2n) is 8.84. The van der Waals surface area contributed by atoms with E-state index in [0.717, 1.165) is 55.5 Å². The summed E-state index contributed by atoms with van der Waals surface area (Å²) >= 11 is 0. The molecule has 2 amide bonds. The van der Waals surface area contributed by atoms with Crippen LogP contribution in [0, 0.1) is 17.8 Å². The largest absolute Gasteiger partial charge is 0.342 e. The lowest BCUT2D eigenvalue weighted by Crippen LogP contribution is -2.62. The summed E-state index contributed by atoms with van der Waals surface area (Å²) in [5.74, 6) is 1.52. The first kappa shape index (κ1) is 15.4. The van der Waals surface area contributed by atoms with E-state index >= 15 is 0 Å². The van der Waals surface area contributed by atoms with Gasteiger partial charge >= 0.3 is 11.8 Å². The number of nitrogens with zero attached hydrogens (tertiary/aromatic N) is 1. The Labute approximate surface area is 149 Å². The van der Waals surface area contributed by atoms with Crippen LogP contribution in [0.2, 0.25) is 0 Å². The molecule has 4 fully saturated rings. The van der Waals surface area contributed by atoms with Crippen LogP contribution in [0.15, 0.2) is 24.3 Å². The molecule has 1 N–H and O–H groups in total. The van der Waals surface area contributed by atoms with Gasteiger partial charge in [-0.3, -0.25) is 9.59 Å². The summed E-state index contributed by atoms with van der Waals surface area (Å²) in [5, 5.41) is 3.22. The van der Waals surface area contributed by atoms with Crippen molar-refractivity contribution in [3.05, 3.63) is 29.8 Å². The number of carbonyl (C=O) groups excluding carboxylic acids is 2. The SMILES string of the molecule is O=C(NC12CC3CC(CC(C3)C1)C2)C(=O)N1CCCc2ccccc21. The van der Waals surface area contributed by atoms with Crippen molar-refractivity contribution >= 4 is 17.5 Å². The average Bonchev–Trinajstić information content (AvgIpc) is 2.59. The van der Waals surface area contributed by atoms with Crippen molar-refractivity contribution in [1.29, 1.82) is 0 Å². The molecular formula is C21H26N2O2. The number of fused-ring (bicyclic) bond motifs is 1. The third kappa shape index (κ3) is 2.57. The van der Waals surface area contributed by atoms with Crippen molar-refractivity contribution in [3.63, 3.8) is 0 Å². The van der Waals surface area contributed by atoms with Crippen molar-refractivity contribution in [2.75, 3.05) is 11.4 Å². The maximum Gasteiger partial charge on any atom is 0.316 e. The number of aryl methyl sites for hydroxylation is 1. The van der Waals surface area contributed by atoms with E-state index in [1.165, 1.54) is 24.8 Å². The zero-order valence-corrected chi connectivity index (χ0v) is 14.7. The Hall–Kier alpha value is -1.84. The van der Waals surface area contributed by atoms with Gasteiger partial charge in [-0.15, -0.1) is 0 Å². The van der Waals surface area contributed by atoms with E-state index in [0.29, 0.717) is 6.54 Å². The third-order valence-corrected chi connectivity index (χ3v) is 6.97. The normalized spacial score (nSPS) is 35.4. The van der Waals surface area contributed by atoms with Gasteiger partial charge in [0.25, 0.3) is 0 Å². The van der Waals surface area contributed by atoms with Crippen LogP contribution in [0.1, 0.15) is 50.5 Å². The molecule has 1 aromatic rings. The van der Waals surface area contributed by atoms with Gasteiger partial charge in [-0.05, 0) is 80.8 Å². The number of rotatable bonds is 1. The highest BCUT2D eigenvalue weighted by Crippen LogP contribution is 2.55. The molecule has 4 saturated carbocycles. The van der Waals surface area contributed by atoms with Crippen molar-refractivity contribution < 1.29 is 9.59 Å². The Bertz CT molecular complexity index is 691. The zero-order valence-electron chi connectivity index (χ0n) is 14.7. The maximum absolute atomic E-state index is 12.9. The molecule has 5 aliphatic rings. The lowest BCUT2D eigenvalue weighted by molar-refractivity contribution is -0.141. The van der Waals surface area contributed by atoms with Crippen molar-refractivity contribution in [2.24, 2.45) is 17.8 Å². The first-order valence-corrected chi connectivity index (χ1v) is 9.84. The number of anilines is 1. The standard InChI is InChI=1S/C21H26N2O2/c24-19(20(25)23-7-3-5-17-4-1-2-6-18(17)23)22-21-11-14-8-15(12-21)10-16(9-14)13-21/h1-2,4,6,14-16H,3,5,7-13H2,(H,22,24). The van der Waals surface area contributed by atoms with Gasteiger partial charge in [0.2, 0.25) is 0 Å². The number of hydrogen-bond acceptors (Lipinski definition) is 2. The minimum Gasteiger partial charge on any atom is -0.342 e. The summed E-state index contributed by atoms with van der Waals surface area (Å²) in [5.41, 5.74) is 1.99. The number of benzene rings is 1. The highest BCUT2D eigenvalue weighted by atomic mass is 16.2. The van der Waals surface area contributed by atoms with Gasteiger partial charge in [0.05, 0.1) is 0 Å². The molecule has 0 radical (unpaired) electrons. The molecule has 25 heavy (non-hydrogen) atoms. The fourth-order valence-corrected chi connectivity index (χ4v) is 6.43. The second kappa shape index (κ2) is 5.58. The van der Waals surface area contributed by atoms with E-state index in [1.807, 2.05) is 18.2 Å². The molecule has 1 heterocycles. The summed E-state index contributed by atoms with van der Waals surface area (Å²) < 4.78 is 0. The number of para-hydroxylation sites is 1. The molecule has 4 aliphatic carbocycles. The highest BCUT2D eigenvalue weighted by molar-refractivity contribution is 6.40. The lowest BCUT2D eigenvalue weighted by atomic mass is 9.53. The fourth-order valence-electron chi connectivity index (χ4n) is 6.43. The van der Waals surface area contributed by atoms with Crippen LogP contribution in [0.4, 0.5) is 5.69 Å². The van der Waals surface area contributed by atoms with Crippen LogP contribution in [-0.2, 0) is 16.0 Å². The molecule has 0 unspecified atom stereocenters. The van der Waals surface area contributed by atoms with Crippen LogP contribution in [0.25, 0.3) is 0 Å². The molecule has 4 nitrogen and oxygen atoms in total. The number of nitrogens with one attached hydrogen (secondary N) is 1. The predicted octanol–water partition coefficient (Wildman–Crippen LogP) is 3.05. The van der Waals surface area contributed by atoms with Crippen LogP contribution in [0.5, 0.6) is 0 Å². The van der Waals surface area contributed by atoms with Gasteiger partial charge in [-0.2, -0.15) is 0 Å². The van der Waals surface area contributed by atoms with E-state index in [2.05, 4.69) is 11.4 Å². The Morgan fingerprint density at radius 3 is 2.32 bits per heavy atom. The molecule has 0 atom stereocenters. The minimum absolute atomic E-state index is 0.100. The first-order valence-electron chi connectivity index (χ1n) is 9.84. The Morgan fingerprint density at radius 1 is 1.00 bits per heavy atom. The molecule has 0 spiro atoms. The lowest BCUT2D eigenvalue weighted by Gasteiger charge is -2.56. The number of hydrogen-bond donors (Lipinski definition) is 1. The van der Waals surface area contributed by atoms with Gasteiger partial charge in [-0.1, -0.05) is 18.2 Å². The van der Waals surface area contributed by atoms with Crippen LogP contribution in [-0.4, -0.2) is 23.9 Å². The van der Waals surface area contributed by atoms with E-state index in [9.17, 15) is 9.59 Å². The van der Waals surface area contributed by atoms with Gasteiger partial charge in [0.15, 0.2) is 0 Å². The van der Waals surface area contributed by atoms with Gasteiger partial charge < -0.3 is 10.2 Å². The summed E-state index contributed by atoms with van der Waals surface area (Å²) in [7, 11) is 0. The molecule has 1 aromatic carbocycles. The summed E-state index contributed by atoms with van der Waals surface area (Å²) in [6, 6.07) is 7.97. The smallest absolute Gasteiger partial charge is 0.316 e. The van der Waals surface area contributed by atoms with Gasteiger partial charge in [-0.25, -0.2) is 0 Å². The number of carbonyl (C=O) groups is 2. The van der Waals surface area contributed by atoms with E-state index in [-0.39, 0.29) is 11.4 Å². The molecule has 4 bridgehead atoms. The Balaban J connectivity index is 1.35. The summed E-state index contributed by atoms with van der Waals surface area (Å²) in [6.07, 6.45) is 9.15. The van der Waals surface area contributed by atoms with E-state index in [1.54, 1.807) is 4.90 Å². The van der Waals surface area contributed by atoms with Gasteiger partial charge in [0.1, 0.15) is 0 Å². The summed E-state index contributed by atoms with van der Waals surface area (Å²) in [6.45, 7) is 0.643.